The molecule has 0 bridgehead atoms. The Morgan fingerprint density at radius 1 is 1.19 bits per heavy atom. The zero-order chi connectivity index (χ0) is 22.9. The van der Waals surface area contributed by atoms with Crippen LogP contribution in [0, 0.1) is 5.92 Å². The fraction of sp³-hybridized carbons (Fsp3) is 0.640. The van der Waals surface area contributed by atoms with Gasteiger partial charge >= 0.3 is 0 Å². The van der Waals surface area contributed by atoms with Gasteiger partial charge in [-0.15, -0.1) is 0 Å². The van der Waals surface area contributed by atoms with Crippen LogP contribution in [0.4, 0.5) is 0 Å². The summed E-state index contributed by atoms with van der Waals surface area (Å²) in [6.45, 7) is 6.19. The summed E-state index contributed by atoms with van der Waals surface area (Å²) in [4.78, 5) is 31.6. The van der Waals surface area contributed by atoms with Crippen molar-refractivity contribution in [3.63, 3.8) is 0 Å². The van der Waals surface area contributed by atoms with Gasteiger partial charge in [0.05, 0.1) is 0 Å². The van der Waals surface area contributed by atoms with Crippen LogP contribution in [0.2, 0.25) is 0 Å². The topological polar surface area (TPSA) is 85.8 Å². The van der Waals surface area contributed by atoms with Gasteiger partial charge in [0.1, 0.15) is 0 Å². The highest BCUT2D eigenvalue weighted by atomic mass is 16.2. The van der Waals surface area contributed by atoms with Gasteiger partial charge in [-0.25, -0.2) is 0 Å². The Morgan fingerprint density at radius 3 is 2.69 bits per heavy atom. The predicted octanol–water partition coefficient (Wildman–Crippen LogP) is 3.06. The third-order valence-corrected chi connectivity index (χ3v) is 6.66. The first-order chi connectivity index (χ1) is 15.5. The number of guanidine groups is 1. The van der Waals surface area contributed by atoms with Crippen LogP contribution in [0.3, 0.4) is 0 Å². The summed E-state index contributed by atoms with van der Waals surface area (Å²) in [5.41, 5.74) is 1.69. The Balaban J connectivity index is 1.48. The highest BCUT2D eigenvalue weighted by molar-refractivity contribution is 5.94. The van der Waals surface area contributed by atoms with Crippen LogP contribution in [0.25, 0.3) is 0 Å². The van der Waals surface area contributed by atoms with Crippen molar-refractivity contribution in [2.45, 2.75) is 77.4 Å². The molecule has 2 aliphatic rings. The minimum Gasteiger partial charge on any atom is -0.352 e. The van der Waals surface area contributed by atoms with Crippen LogP contribution < -0.4 is 16.0 Å². The summed E-state index contributed by atoms with van der Waals surface area (Å²) < 4.78 is 0. The Labute approximate surface area is 192 Å². The maximum Gasteiger partial charge on any atom is 0.251 e. The number of benzene rings is 1. The van der Waals surface area contributed by atoms with E-state index in [0.29, 0.717) is 18.0 Å². The average Bonchev–Trinajstić information content (AvgIpc) is 3.30. The maximum atomic E-state index is 12.8. The van der Waals surface area contributed by atoms with Gasteiger partial charge < -0.3 is 20.9 Å². The minimum atomic E-state index is -0.0441. The third-order valence-electron chi connectivity index (χ3n) is 6.66. The van der Waals surface area contributed by atoms with Gasteiger partial charge in [0.2, 0.25) is 5.91 Å². The smallest absolute Gasteiger partial charge is 0.251 e. The molecule has 1 heterocycles. The number of hydrogen-bond acceptors (Lipinski definition) is 3. The van der Waals surface area contributed by atoms with Crippen LogP contribution in [0.15, 0.2) is 29.3 Å². The Morgan fingerprint density at radius 2 is 1.97 bits per heavy atom. The van der Waals surface area contributed by atoms with E-state index in [2.05, 4.69) is 27.9 Å². The van der Waals surface area contributed by atoms with Crippen LogP contribution in [-0.4, -0.2) is 54.9 Å². The molecule has 176 valence electrons. The van der Waals surface area contributed by atoms with Crippen molar-refractivity contribution in [2.75, 3.05) is 20.1 Å². The molecule has 0 aromatic heterocycles. The normalized spacial score (nSPS) is 20.7. The van der Waals surface area contributed by atoms with E-state index >= 15 is 0 Å². The van der Waals surface area contributed by atoms with Gasteiger partial charge in [-0.3, -0.25) is 14.6 Å². The first-order valence-electron chi connectivity index (χ1n) is 12.2. The van der Waals surface area contributed by atoms with Crippen molar-refractivity contribution in [1.82, 2.24) is 20.9 Å². The first-order valence-corrected chi connectivity index (χ1v) is 12.2. The predicted molar refractivity (Wildman–Crippen MR) is 129 cm³/mol. The number of likely N-dealkylation sites (tertiary alicyclic amines) is 1. The van der Waals surface area contributed by atoms with Gasteiger partial charge in [0, 0.05) is 50.2 Å². The maximum absolute atomic E-state index is 12.8. The van der Waals surface area contributed by atoms with E-state index in [0.717, 1.165) is 50.3 Å². The highest BCUT2D eigenvalue weighted by Crippen LogP contribution is 2.26. The van der Waals surface area contributed by atoms with E-state index in [-0.39, 0.29) is 23.9 Å². The standard InChI is InChI=1S/C25H39N5O2/c1-4-18(2)28-23(31)21-12-8-9-19(15-21)16-27-25(26-3)29-22-13-14-30(17-22)24(32)20-10-6-5-7-11-20/h8-9,12,15,18,20,22H,4-7,10-11,13-14,16-17H2,1-3H3,(H,28,31)(H2,26,27,29). The lowest BCUT2D eigenvalue weighted by molar-refractivity contribution is -0.135. The Bertz CT molecular complexity index is 803. The van der Waals surface area contributed by atoms with Crippen LogP contribution in [-0.2, 0) is 11.3 Å². The molecule has 2 fully saturated rings. The first kappa shape index (κ1) is 24.1. The summed E-state index contributed by atoms with van der Waals surface area (Å²) in [7, 11) is 1.76. The second kappa shape index (κ2) is 11.9. The summed E-state index contributed by atoms with van der Waals surface area (Å²) in [6, 6.07) is 8.03. The number of rotatable bonds is 7. The molecule has 1 saturated carbocycles. The molecule has 2 unspecified atom stereocenters. The highest BCUT2D eigenvalue weighted by Gasteiger charge is 2.31. The molecule has 7 heteroatoms. The summed E-state index contributed by atoms with van der Waals surface area (Å²) in [5, 5.41) is 9.81. The van der Waals surface area contributed by atoms with Gasteiger partial charge in [0.25, 0.3) is 5.91 Å². The molecule has 2 atom stereocenters. The van der Waals surface area contributed by atoms with Crippen LogP contribution in [0.1, 0.15) is 74.7 Å². The number of aliphatic imine (C=N–C) groups is 1. The lowest BCUT2D eigenvalue weighted by atomic mass is 9.88. The zero-order valence-corrected chi connectivity index (χ0v) is 19.8. The quantitative estimate of drug-likeness (QED) is 0.448. The third kappa shape index (κ3) is 6.71. The molecule has 3 N–H and O–H groups in total. The van der Waals surface area contributed by atoms with Crippen molar-refractivity contribution >= 4 is 17.8 Å². The molecule has 1 aliphatic carbocycles. The molecule has 0 spiro atoms. The van der Waals surface area contributed by atoms with E-state index < -0.39 is 0 Å². The molecular weight excluding hydrogens is 402 g/mol. The SMILES string of the molecule is CCC(C)NC(=O)c1cccc(CNC(=NC)NC2CCN(C(=O)C3CCCCC3)C2)c1. The molecule has 1 saturated heterocycles. The number of carbonyl (C=O) groups excluding carboxylic acids is 2. The molecule has 0 radical (unpaired) electrons. The Kier molecular flexibility index (Phi) is 8.94. The van der Waals surface area contributed by atoms with Crippen molar-refractivity contribution in [2.24, 2.45) is 10.9 Å². The zero-order valence-electron chi connectivity index (χ0n) is 19.8. The van der Waals surface area contributed by atoms with Gasteiger partial charge in [0.15, 0.2) is 5.96 Å². The van der Waals surface area contributed by atoms with Gasteiger partial charge in [-0.05, 0) is 50.3 Å². The van der Waals surface area contributed by atoms with Crippen molar-refractivity contribution < 1.29 is 9.59 Å². The average molecular weight is 442 g/mol. The number of carbonyl (C=O) groups is 2. The number of nitrogens with one attached hydrogen (secondary N) is 3. The second-order valence-corrected chi connectivity index (χ2v) is 9.16. The lowest BCUT2D eigenvalue weighted by Gasteiger charge is -2.26. The molecule has 1 aromatic rings. The largest absolute Gasteiger partial charge is 0.352 e. The number of hydrogen-bond donors (Lipinski definition) is 3. The fourth-order valence-corrected chi connectivity index (χ4v) is 4.49. The summed E-state index contributed by atoms with van der Waals surface area (Å²) in [6.07, 6.45) is 7.56. The minimum absolute atomic E-state index is 0.0441. The lowest BCUT2D eigenvalue weighted by Crippen LogP contribution is -2.45. The van der Waals surface area contributed by atoms with E-state index in [9.17, 15) is 9.59 Å². The molecule has 3 rings (SSSR count). The molecular formula is C25H39N5O2. The second-order valence-electron chi connectivity index (χ2n) is 9.16. The van der Waals surface area contributed by atoms with Crippen molar-refractivity contribution in [1.29, 1.82) is 0 Å². The van der Waals surface area contributed by atoms with Gasteiger partial charge in [-0.1, -0.05) is 38.3 Å². The molecule has 1 aromatic carbocycles. The van der Waals surface area contributed by atoms with Crippen molar-refractivity contribution in [3.8, 4) is 0 Å². The summed E-state index contributed by atoms with van der Waals surface area (Å²) in [5.74, 6) is 1.24. The van der Waals surface area contributed by atoms with E-state index in [1.54, 1.807) is 7.05 Å². The van der Waals surface area contributed by atoms with E-state index in [1.807, 2.05) is 36.1 Å². The van der Waals surface area contributed by atoms with E-state index in [1.165, 1.54) is 19.3 Å². The van der Waals surface area contributed by atoms with Gasteiger partial charge in [-0.2, -0.15) is 0 Å². The fourth-order valence-electron chi connectivity index (χ4n) is 4.49. The van der Waals surface area contributed by atoms with Crippen LogP contribution >= 0.6 is 0 Å². The van der Waals surface area contributed by atoms with E-state index in [4.69, 9.17) is 0 Å². The summed E-state index contributed by atoms with van der Waals surface area (Å²) >= 11 is 0. The monoisotopic (exact) mass is 441 g/mol. The molecule has 1 aliphatic heterocycles. The molecule has 32 heavy (non-hydrogen) atoms. The number of amides is 2. The van der Waals surface area contributed by atoms with Crippen molar-refractivity contribution in [3.05, 3.63) is 35.4 Å². The molecule has 7 nitrogen and oxygen atoms in total. The molecule has 2 amide bonds. The number of nitrogens with zero attached hydrogens (tertiary/aromatic N) is 2. The Hall–Kier alpha value is -2.57. The van der Waals surface area contributed by atoms with Crippen LogP contribution in [0.5, 0.6) is 0 Å².